The number of amides is 1. The van der Waals surface area contributed by atoms with Crippen molar-refractivity contribution in [1.29, 1.82) is 0 Å². The van der Waals surface area contributed by atoms with Crippen LogP contribution in [0.4, 0.5) is 0 Å². The van der Waals surface area contributed by atoms with Gasteiger partial charge >= 0.3 is 0 Å². The van der Waals surface area contributed by atoms with Crippen molar-refractivity contribution in [3.8, 4) is 11.5 Å². The fourth-order valence-corrected chi connectivity index (χ4v) is 4.62. The van der Waals surface area contributed by atoms with Gasteiger partial charge in [0.1, 0.15) is 0 Å². The highest BCUT2D eigenvalue weighted by Crippen LogP contribution is 2.36. The number of piperidine rings is 1. The molecule has 3 aliphatic heterocycles. The number of hydrogen-bond donors (Lipinski definition) is 0. The average Bonchev–Trinajstić information content (AvgIpc) is 2.80. The molecule has 0 aliphatic carbocycles. The quantitative estimate of drug-likeness (QED) is 0.712. The lowest BCUT2D eigenvalue weighted by Crippen LogP contribution is -2.32. The second kappa shape index (κ2) is 9.15. The van der Waals surface area contributed by atoms with Crippen LogP contribution in [0.25, 0.3) is 5.57 Å². The minimum absolute atomic E-state index is 0.00244. The Morgan fingerprint density at radius 3 is 2.48 bits per heavy atom. The Bertz CT molecular complexity index is 965. The van der Waals surface area contributed by atoms with E-state index in [4.69, 9.17) is 9.47 Å². The van der Waals surface area contributed by atoms with Gasteiger partial charge in [0.2, 0.25) is 0 Å². The number of fused-ring (bicyclic) bond motifs is 1. The number of nitrogens with zero attached hydrogens (tertiary/aromatic N) is 2. The Hall–Kier alpha value is -2.79. The van der Waals surface area contributed by atoms with Gasteiger partial charge in [-0.25, -0.2) is 0 Å². The Morgan fingerprint density at radius 2 is 1.77 bits per heavy atom. The molecular formula is C26H32N2O3. The number of carbonyl (C=O) groups is 1. The molecule has 0 N–H and O–H groups in total. The van der Waals surface area contributed by atoms with Crippen LogP contribution in [0, 0.1) is 11.8 Å². The first kappa shape index (κ1) is 21.4. The molecular weight excluding hydrogens is 388 g/mol. The van der Waals surface area contributed by atoms with Gasteiger partial charge in [-0.15, -0.1) is 0 Å². The first-order valence-electron chi connectivity index (χ1n) is 11.1. The van der Waals surface area contributed by atoms with E-state index in [0.29, 0.717) is 17.4 Å². The topological polar surface area (TPSA) is 42.0 Å². The summed E-state index contributed by atoms with van der Waals surface area (Å²) in [5.74, 6) is 2.08. The van der Waals surface area contributed by atoms with Crippen molar-refractivity contribution in [3.05, 3.63) is 65.5 Å². The molecule has 0 radical (unpaired) electrons. The first-order valence-corrected chi connectivity index (χ1v) is 11.1. The zero-order valence-electron chi connectivity index (χ0n) is 18.9. The summed E-state index contributed by atoms with van der Waals surface area (Å²) in [7, 11) is 5.43. The molecule has 0 aromatic heterocycles. The summed E-state index contributed by atoms with van der Waals surface area (Å²) in [6, 6.07) is 5.85. The number of ether oxygens (including phenoxy) is 2. The van der Waals surface area contributed by atoms with Crippen LogP contribution >= 0.6 is 0 Å². The predicted molar refractivity (Wildman–Crippen MR) is 124 cm³/mol. The lowest BCUT2D eigenvalue weighted by Gasteiger charge is -2.33. The molecule has 31 heavy (non-hydrogen) atoms. The molecule has 1 atom stereocenters. The molecule has 4 rings (SSSR count). The molecule has 1 aromatic carbocycles. The number of likely N-dealkylation sites (tertiary alicyclic amines) is 1. The molecule has 1 aromatic rings. The van der Waals surface area contributed by atoms with Gasteiger partial charge < -0.3 is 14.4 Å². The summed E-state index contributed by atoms with van der Waals surface area (Å²) in [5, 5.41) is 0. The van der Waals surface area contributed by atoms with Crippen molar-refractivity contribution in [2.45, 2.75) is 26.2 Å². The number of hydrogen-bond acceptors (Lipinski definition) is 4. The molecule has 0 spiro atoms. The summed E-state index contributed by atoms with van der Waals surface area (Å²) in [4.78, 5) is 17.5. The normalized spacial score (nSPS) is 22.7. The first-order chi connectivity index (χ1) is 15.0. The molecule has 3 aliphatic rings. The van der Waals surface area contributed by atoms with Crippen molar-refractivity contribution in [3.63, 3.8) is 0 Å². The zero-order valence-corrected chi connectivity index (χ0v) is 18.9. The third-order valence-electron chi connectivity index (χ3n) is 6.64. The predicted octanol–water partition coefficient (Wildman–Crippen LogP) is 4.64. The molecule has 1 unspecified atom stereocenters. The molecule has 0 bridgehead atoms. The third-order valence-corrected chi connectivity index (χ3v) is 6.64. The van der Waals surface area contributed by atoms with Gasteiger partial charge in [-0.3, -0.25) is 9.69 Å². The number of benzene rings is 1. The molecule has 0 saturated carbocycles. The molecule has 3 heterocycles. The van der Waals surface area contributed by atoms with Crippen LogP contribution in [-0.4, -0.2) is 50.1 Å². The van der Waals surface area contributed by atoms with Gasteiger partial charge in [-0.05, 0) is 86.2 Å². The molecule has 1 fully saturated rings. The summed E-state index contributed by atoms with van der Waals surface area (Å²) < 4.78 is 10.8. The highest BCUT2D eigenvalue weighted by molar-refractivity contribution is 5.98. The number of rotatable bonds is 4. The van der Waals surface area contributed by atoms with E-state index in [2.05, 4.69) is 43.3 Å². The number of carbonyl (C=O) groups excluding carboxylic acids is 1. The Morgan fingerprint density at radius 1 is 1.03 bits per heavy atom. The zero-order chi connectivity index (χ0) is 22.0. The molecule has 164 valence electrons. The van der Waals surface area contributed by atoms with Crippen molar-refractivity contribution in [2.24, 2.45) is 11.8 Å². The van der Waals surface area contributed by atoms with Crippen LogP contribution < -0.4 is 9.47 Å². The maximum atomic E-state index is 13.4. The van der Waals surface area contributed by atoms with Gasteiger partial charge in [0.15, 0.2) is 11.5 Å². The fraction of sp³-hybridized carbons (Fsp3) is 0.423. The van der Waals surface area contributed by atoms with Gasteiger partial charge in [-0.1, -0.05) is 25.1 Å². The van der Waals surface area contributed by atoms with Crippen molar-refractivity contribution in [1.82, 2.24) is 9.80 Å². The van der Waals surface area contributed by atoms with Crippen molar-refractivity contribution >= 4 is 11.5 Å². The van der Waals surface area contributed by atoms with Crippen molar-refractivity contribution in [2.75, 3.05) is 34.4 Å². The second-order valence-electron chi connectivity index (χ2n) is 8.68. The molecule has 5 nitrogen and oxygen atoms in total. The SMILES string of the molecule is COc1ccc(C2=CC(=O)N3C=C(C4CCN(C)CC4)C=CC3=CCC2C)cc1OC. The van der Waals surface area contributed by atoms with Crippen molar-refractivity contribution < 1.29 is 14.3 Å². The maximum absolute atomic E-state index is 13.4. The van der Waals surface area contributed by atoms with E-state index in [9.17, 15) is 4.79 Å². The maximum Gasteiger partial charge on any atom is 0.255 e. The van der Waals surface area contributed by atoms with E-state index in [1.165, 1.54) is 5.57 Å². The number of allylic oxidation sites excluding steroid dienone is 5. The standard InChI is InChI=1S/C26H32N2O3/c1-18-5-8-22-9-6-21(19-11-13-27(2)14-12-19)17-28(22)26(29)16-23(18)20-7-10-24(30-3)25(15-20)31-4/h6-10,15-19H,5,11-14H2,1-4H3. The molecule has 1 amide bonds. The Kier molecular flexibility index (Phi) is 6.33. The highest BCUT2D eigenvalue weighted by Gasteiger charge is 2.26. The fourth-order valence-electron chi connectivity index (χ4n) is 4.62. The van der Waals surface area contributed by atoms with E-state index in [1.807, 2.05) is 23.1 Å². The van der Waals surface area contributed by atoms with Crippen LogP contribution in [-0.2, 0) is 4.79 Å². The smallest absolute Gasteiger partial charge is 0.255 e. The summed E-state index contributed by atoms with van der Waals surface area (Å²) in [6.45, 7) is 4.37. The minimum atomic E-state index is -0.00244. The summed E-state index contributed by atoms with van der Waals surface area (Å²) >= 11 is 0. The lowest BCUT2D eigenvalue weighted by atomic mass is 9.86. The molecule has 1 saturated heterocycles. The number of methoxy groups -OCH3 is 2. The Balaban J connectivity index is 1.64. The van der Waals surface area contributed by atoms with E-state index in [0.717, 1.165) is 49.2 Å². The van der Waals surface area contributed by atoms with Gasteiger partial charge in [0.25, 0.3) is 5.91 Å². The van der Waals surface area contributed by atoms with E-state index < -0.39 is 0 Å². The monoisotopic (exact) mass is 420 g/mol. The van der Waals surface area contributed by atoms with Crippen LogP contribution in [0.15, 0.2) is 60.0 Å². The Labute approximate surface area is 185 Å². The lowest BCUT2D eigenvalue weighted by molar-refractivity contribution is -0.122. The van der Waals surface area contributed by atoms with Gasteiger partial charge in [-0.2, -0.15) is 0 Å². The summed E-state index contributed by atoms with van der Waals surface area (Å²) in [6.07, 6.45) is 13.5. The second-order valence-corrected chi connectivity index (χ2v) is 8.68. The summed E-state index contributed by atoms with van der Waals surface area (Å²) in [5.41, 5.74) is 4.23. The van der Waals surface area contributed by atoms with E-state index >= 15 is 0 Å². The van der Waals surface area contributed by atoms with Crippen LogP contribution in [0.1, 0.15) is 31.7 Å². The highest BCUT2D eigenvalue weighted by atomic mass is 16.5. The van der Waals surface area contributed by atoms with Gasteiger partial charge in [0.05, 0.1) is 14.2 Å². The van der Waals surface area contributed by atoms with Crippen LogP contribution in [0.3, 0.4) is 0 Å². The largest absolute Gasteiger partial charge is 0.493 e. The van der Waals surface area contributed by atoms with Crippen LogP contribution in [0.2, 0.25) is 0 Å². The average molecular weight is 421 g/mol. The van der Waals surface area contributed by atoms with Crippen LogP contribution in [0.5, 0.6) is 11.5 Å². The molecule has 5 heteroatoms. The van der Waals surface area contributed by atoms with Gasteiger partial charge in [0, 0.05) is 18.0 Å². The van der Waals surface area contributed by atoms with E-state index in [1.54, 1.807) is 20.3 Å². The third kappa shape index (κ3) is 4.47. The minimum Gasteiger partial charge on any atom is -0.493 e. The van der Waals surface area contributed by atoms with E-state index in [-0.39, 0.29) is 11.8 Å².